The van der Waals surface area contributed by atoms with Crippen LogP contribution in [0.3, 0.4) is 0 Å². The molecule has 6 heterocycles. The van der Waals surface area contributed by atoms with E-state index in [1.165, 1.54) is 11.1 Å². The van der Waals surface area contributed by atoms with Crippen LogP contribution in [0.4, 0.5) is 25.8 Å². The van der Waals surface area contributed by atoms with E-state index >= 15 is 0 Å². The molecule has 6 aliphatic rings. The van der Waals surface area contributed by atoms with Crippen LogP contribution in [0.25, 0.3) is 11.1 Å². The number of nitrogens with zero attached hydrogens (tertiary/aromatic N) is 6. The third-order valence-corrected chi connectivity index (χ3v) is 15.0. The van der Waals surface area contributed by atoms with Gasteiger partial charge in [-0.25, -0.2) is 8.78 Å². The molecule has 1 aromatic heterocycles. The molecule has 14 heteroatoms. The van der Waals surface area contributed by atoms with Crippen LogP contribution < -0.4 is 20.4 Å². The van der Waals surface area contributed by atoms with Crippen molar-refractivity contribution in [3.63, 3.8) is 0 Å². The van der Waals surface area contributed by atoms with Crippen LogP contribution in [0.15, 0.2) is 54.9 Å². The Kier molecular flexibility index (Phi) is 11.3. The van der Waals surface area contributed by atoms with Crippen LogP contribution in [0.5, 0.6) is 0 Å². The maximum atomic E-state index is 14.8. The Bertz CT molecular complexity index is 2420. The van der Waals surface area contributed by atoms with Gasteiger partial charge in [-0.1, -0.05) is 12.1 Å². The smallest absolute Gasteiger partial charge is 0.264 e. The number of halogens is 2. The summed E-state index contributed by atoms with van der Waals surface area (Å²) in [5.74, 6) is 0.465. The monoisotopic (exact) mass is 860 g/mol. The molecule has 3 N–H and O–H groups in total. The maximum absolute atomic E-state index is 14.8. The molecule has 3 aromatic carbocycles. The van der Waals surface area contributed by atoms with Gasteiger partial charge in [0.2, 0.25) is 17.7 Å². The van der Waals surface area contributed by atoms with E-state index < -0.39 is 18.7 Å². The molecule has 10 rings (SSSR count). The summed E-state index contributed by atoms with van der Waals surface area (Å²) in [7, 11) is 1.80. The van der Waals surface area contributed by atoms with Gasteiger partial charge in [0, 0.05) is 111 Å². The van der Waals surface area contributed by atoms with Crippen LogP contribution in [0.1, 0.15) is 122 Å². The predicted octanol–water partition coefficient (Wildman–Crippen LogP) is 7.12. The Balaban J connectivity index is 0.774. The van der Waals surface area contributed by atoms with Gasteiger partial charge >= 0.3 is 0 Å². The van der Waals surface area contributed by atoms with Gasteiger partial charge in [-0.15, -0.1) is 0 Å². The third-order valence-electron chi connectivity index (χ3n) is 15.0. The van der Waals surface area contributed by atoms with Crippen LogP contribution >= 0.6 is 0 Å². The molecule has 1 aliphatic carbocycles. The lowest BCUT2D eigenvalue weighted by Crippen LogP contribution is -2.51. The first-order valence-electron chi connectivity index (χ1n) is 23.0. The molecule has 3 amide bonds. The van der Waals surface area contributed by atoms with Crippen molar-refractivity contribution < 1.29 is 28.3 Å². The van der Waals surface area contributed by atoms with Crippen LogP contribution in [0.2, 0.25) is 0 Å². The van der Waals surface area contributed by atoms with E-state index in [1.54, 1.807) is 42.0 Å². The van der Waals surface area contributed by atoms with Crippen molar-refractivity contribution in [2.75, 3.05) is 36.0 Å². The molecule has 3 fully saturated rings. The summed E-state index contributed by atoms with van der Waals surface area (Å²) in [5.41, 5.74) is 10.8. The van der Waals surface area contributed by atoms with Crippen LogP contribution in [-0.2, 0) is 47.5 Å². The first-order valence-corrected chi connectivity index (χ1v) is 23.0. The van der Waals surface area contributed by atoms with E-state index in [4.69, 9.17) is 0 Å². The molecule has 332 valence electrons. The largest absolute Gasteiger partial charge is 0.374 e. The fourth-order valence-electron chi connectivity index (χ4n) is 11.4. The van der Waals surface area contributed by atoms with Crippen molar-refractivity contribution in [2.24, 2.45) is 13.0 Å². The summed E-state index contributed by atoms with van der Waals surface area (Å²) >= 11 is 0. The van der Waals surface area contributed by atoms with Gasteiger partial charge in [-0.2, -0.15) is 5.10 Å². The molecule has 12 nitrogen and oxygen atoms in total. The lowest BCUT2D eigenvalue weighted by molar-refractivity contribution is -0.141. The zero-order valence-electron chi connectivity index (χ0n) is 36.3. The number of anilines is 3. The Hall–Kier alpha value is -5.18. The van der Waals surface area contributed by atoms with Crippen LogP contribution in [0, 0.1) is 5.92 Å². The number of aromatic nitrogens is 2. The fourth-order valence-corrected chi connectivity index (χ4v) is 11.4. The Labute approximate surface area is 367 Å². The molecule has 2 atom stereocenters. The highest BCUT2D eigenvalue weighted by atomic mass is 19.3. The molecular formula is C49H58F2N8O4. The maximum Gasteiger partial charge on any atom is 0.264 e. The minimum Gasteiger partial charge on any atom is -0.374 e. The summed E-state index contributed by atoms with van der Waals surface area (Å²) in [6, 6.07) is 14.5. The molecule has 5 aliphatic heterocycles. The summed E-state index contributed by atoms with van der Waals surface area (Å²) in [6.45, 7) is 6.84. The number of piperidine rings is 2. The van der Waals surface area contributed by atoms with Crippen molar-refractivity contribution >= 4 is 34.8 Å². The first-order chi connectivity index (χ1) is 30.5. The van der Waals surface area contributed by atoms with Crippen molar-refractivity contribution in [2.45, 2.75) is 121 Å². The second-order valence-electron chi connectivity index (χ2n) is 18.9. The van der Waals surface area contributed by atoms with Crippen LogP contribution in [-0.4, -0.2) is 80.7 Å². The number of fused-ring (bicyclic) bond motifs is 3. The average Bonchev–Trinajstić information content (AvgIpc) is 4.01. The molecule has 63 heavy (non-hydrogen) atoms. The van der Waals surface area contributed by atoms with Crippen molar-refractivity contribution in [1.82, 2.24) is 30.2 Å². The number of hydrogen-bond donors (Lipinski definition) is 3. The standard InChI is InChI=1S/C49H58F2N8O4/c1-29(60)57-26-34-18-33(21-45(42(34)28-57)58-15-3-4-32-20-40(36-24-53-55(2)25-36)41(47(50)51)22-44(32)58)31-7-5-30(6-8-31)23-52-37-13-16-56(17-14-37)38-9-10-39-35(19-38)27-59(49(39)63)43-11-12-46(61)54-48(43)62/h9-10,18-22,24-25,30-31,37,43,47,49,52,63H,3-8,11-17,23,26-28H2,1-2H3,(H,54,61,62). The Morgan fingerprint density at radius 1 is 0.905 bits per heavy atom. The zero-order chi connectivity index (χ0) is 43.5. The minimum absolute atomic E-state index is 0.0199. The fraction of sp³-hybridized carbons (Fsp3) is 0.510. The second kappa shape index (κ2) is 17.1. The highest BCUT2D eigenvalue weighted by Crippen LogP contribution is 2.46. The number of nitrogens with one attached hydrogen (secondary N) is 2. The van der Waals surface area contributed by atoms with E-state index in [0.29, 0.717) is 55.1 Å². The lowest BCUT2D eigenvalue weighted by Gasteiger charge is -2.36. The number of aliphatic hydroxyl groups excluding tert-OH is 1. The number of amides is 3. The Morgan fingerprint density at radius 3 is 2.44 bits per heavy atom. The Morgan fingerprint density at radius 2 is 1.71 bits per heavy atom. The second-order valence-corrected chi connectivity index (χ2v) is 18.9. The van der Waals surface area contributed by atoms with E-state index in [2.05, 4.69) is 49.8 Å². The van der Waals surface area contributed by atoms with E-state index in [1.807, 2.05) is 17.0 Å². The number of benzene rings is 3. The summed E-state index contributed by atoms with van der Waals surface area (Å²) in [4.78, 5) is 45.3. The predicted molar refractivity (Wildman–Crippen MR) is 236 cm³/mol. The molecular weight excluding hydrogens is 803 g/mol. The quantitative estimate of drug-likeness (QED) is 0.151. The number of hydrogen-bond acceptors (Lipinski definition) is 9. The highest BCUT2D eigenvalue weighted by Gasteiger charge is 2.40. The van der Waals surface area contributed by atoms with Gasteiger partial charge in [-0.05, 0) is 134 Å². The summed E-state index contributed by atoms with van der Waals surface area (Å²) < 4.78 is 31.2. The number of alkyl halides is 2. The third kappa shape index (κ3) is 8.14. The van der Waals surface area contributed by atoms with E-state index in [-0.39, 0.29) is 29.7 Å². The topological polar surface area (TPSA) is 126 Å². The average molecular weight is 861 g/mol. The molecule has 0 radical (unpaired) electrons. The SMILES string of the molecule is CC(=O)N1Cc2cc(C3CCC(CNC4CCN(c5ccc6c(c5)CN(C5CCC(=O)NC5=O)C6O)CC4)CC3)cc(N3CCCc4cc(-c5cnn(C)c5)c(C(F)F)cc43)c2C1. The summed E-state index contributed by atoms with van der Waals surface area (Å²) in [5, 5.41) is 21.7. The number of rotatable bonds is 9. The van der Waals surface area contributed by atoms with Gasteiger partial charge < -0.3 is 25.1 Å². The minimum atomic E-state index is -2.63. The highest BCUT2D eigenvalue weighted by molar-refractivity contribution is 6.00. The van der Waals surface area contributed by atoms with Gasteiger partial charge in [0.05, 0.1) is 12.2 Å². The molecule has 2 saturated heterocycles. The number of carbonyl (C=O) groups excluding carboxylic acids is 3. The van der Waals surface area contributed by atoms with Gasteiger partial charge in [0.1, 0.15) is 6.23 Å². The molecule has 2 unspecified atom stereocenters. The van der Waals surface area contributed by atoms with Gasteiger partial charge in [0.25, 0.3) is 6.43 Å². The van der Waals surface area contributed by atoms with Crippen molar-refractivity contribution in [3.8, 4) is 11.1 Å². The number of imide groups is 1. The van der Waals surface area contributed by atoms with Crippen molar-refractivity contribution in [3.05, 3.63) is 93.8 Å². The molecule has 0 spiro atoms. The number of carbonyl (C=O) groups is 3. The van der Waals surface area contributed by atoms with E-state index in [9.17, 15) is 28.3 Å². The van der Waals surface area contributed by atoms with Gasteiger partial charge in [0.15, 0.2) is 0 Å². The number of aliphatic hydroxyl groups is 1. The first kappa shape index (κ1) is 41.8. The molecule has 1 saturated carbocycles. The normalized spacial score (nSPS) is 24.2. The zero-order valence-corrected chi connectivity index (χ0v) is 36.3. The van der Waals surface area contributed by atoms with Crippen molar-refractivity contribution in [1.29, 1.82) is 0 Å². The van der Waals surface area contributed by atoms with E-state index in [0.717, 1.165) is 117 Å². The number of aryl methyl sites for hydroxylation is 2. The summed E-state index contributed by atoms with van der Waals surface area (Å²) in [6.07, 6.45) is 8.95. The molecule has 0 bridgehead atoms. The van der Waals surface area contributed by atoms with Gasteiger partial charge in [-0.3, -0.25) is 29.3 Å². The molecule has 4 aromatic rings. The lowest BCUT2D eigenvalue weighted by atomic mass is 9.77.